The Hall–Kier alpha value is -1.64. The molecule has 3 heteroatoms. The molecule has 3 nitrogen and oxygen atoms in total. The molecule has 1 aromatic carbocycles. The summed E-state index contributed by atoms with van der Waals surface area (Å²) in [5.74, 6) is -0.111. The van der Waals surface area contributed by atoms with Crippen molar-refractivity contribution >= 4 is 12.2 Å². The van der Waals surface area contributed by atoms with Crippen molar-refractivity contribution in [2.45, 2.75) is 53.5 Å². The van der Waals surface area contributed by atoms with Crippen molar-refractivity contribution in [3.05, 3.63) is 35.4 Å². The van der Waals surface area contributed by atoms with Gasteiger partial charge in [0.2, 0.25) is 5.91 Å². The highest BCUT2D eigenvalue weighted by atomic mass is 16.2. The third-order valence-corrected chi connectivity index (χ3v) is 2.73. The number of carbonyl (C=O) groups excluding carboxylic acids is 1. The first kappa shape index (κ1) is 17.4. The van der Waals surface area contributed by atoms with Gasteiger partial charge < -0.3 is 0 Å². The molecule has 0 saturated carbocycles. The Balaban J connectivity index is 0.00000154. The van der Waals surface area contributed by atoms with Gasteiger partial charge in [-0.1, -0.05) is 58.9 Å². The zero-order valence-electron chi connectivity index (χ0n) is 12.9. The van der Waals surface area contributed by atoms with E-state index >= 15 is 0 Å². The smallest absolute Gasteiger partial charge is 0.224 e. The molecule has 0 aliphatic rings. The molecule has 0 fully saturated rings. The van der Waals surface area contributed by atoms with Crippen LogP contribution in [0.15, 0.2) is 24.3 Å². The van der Waals surface area contributed by atoms with Gasteiger partial charge in [-0.2, -0.15) is 0 Å². The molecule has 0 saturated heterocycles. The number of benzene rings is 1. The summed E-state index contributed by atoms with van der Waals surface area (Å²) in [6.45, 7) is 12.4. The van der Waals surface area contributed by atoms with Gasteiger partial charge in [0.05, 0.1) is 12.9 Å². The Morgan fingerprint density at radius 3 is 2.00 bits per heavy atom. The number of carbonyl (C=O) groups is 1. The number of amides is 1. The van der Waals surface area contributed by atoms with E-state index < -0.39 is 0 Å². The lowest BCUT2D eigenvalue weighted by Crippen LogP contribution is -2.26. The molecule has 106 valence electrons. The quantitative estimate of drug-likeness (QED) is 0.650. The fraction of sp³-hybridized carbons (Fsp3) is 0.500. The van der Waals surface area contributed by atoms with E-state index in [4.69, 9.17) is 5.41 Å². The zero-order chi connectivity index (χ0) is 15.1. The highest BCUT2D eigenvalue weighted by molar-refractivity contribution is 5.84. The Kier molecular flexibility index (Phi) is 7.05. The zero-order valence-corrected chi connectivity index (χ0v) is 12.9. The number of hydrogen-bond donors (Lipinski definition) is 1. The van der Waals surface area contributed by atoms with Crippen molar-refractivity contribution in [2.75, 3.05) is 0 Å². The summed E-state index contributed by atoms with van der Waals surface area (Å²) in [5, 5.41) is 7.16. The summed E-state index contributed by atoms with van der Waals surface area (Å²) in [5.41, 5.74) is 2.45. The normalized spacial score (nSPS) is 10.2. The van der Waals surface area contributed by atoms with Gasteiger partial charge in [-0.25, -0.2) is 0 Å². The van der Waals surface area contributed by atoms with E-state index in [0.29, 0.717) is 6.54 Å². The van der Waals surface area contributed by atoms with E-state index in [9.17, 15) is 4.79 Å². The standard InChI is InChI=1S/C14H20N2O.C2H6/c1-11(17)16(10-15)9-12-5-7-13(8-6-12)14(2,3)4;1-2/h5-8,10,15H,9H2,1-4H3;1-2H3. The van der Waals surface area contributed by atoms with E-state index in [1.807, 2.05) is 26.0 Å². The molecule has 0 radical (unpaired) electrons. The molecule has 1 rings (SSSR count). The van der Waals surface area contributed by atoms with Crippen molar-refractivity contribution in [3.8, 4) is 0 Å². The van der Waals surface area contributed by atoms with Crippen LogP contribution in [-0.2, 0) is 16.8 Å². The van der Waals surface area contributed by atoms with Crippen LogP contribution in [-0.4, -0.2) is 17.1 Å². The molecular weight excluding hydrogens is 236 g/mol. The van der Waals surface area contributed by atoms with E-state index in [1.165, 1.54) is 17.4 Å². The minimum Gasteiger partial charge on any atom is -0.299 e. The lowest BCUT2D eigenvalue weighted by molar-refractivity contribution is -0.125. The van der Waals surface area contributed by atoms with Gasteiger partial charge in [-0.05, 0) is 16.5 Å². The number of nitrogens with zero attached hydrogens (tertiary/aromatic N) is 1. The van der Waals surface area contributed by atoms with Crippen LogP contribution in [0.3, 0.4) is 0 Å². The molecule has 0 aromatic heterocycles. The Morgan fingerprint density at radius 1 is 1.21 bits per heavy atom. The largest absolute Gasteiger partial charge is 0.299 e. The maximum Gasteiger partial charge on any atom is 0.224 e. The number of nitrogens with one attached hydrogen (secondary N) is 1. The van der Waals surface area contributed by atoms with Crippen molar-refractivity contribution in [2.24, 2.45) is 0 Å². The Morgan fingerprint density at radius 2 is 1.68 bits per heavy atom. The van der Waals surface area contributed by atoms with E-state index in [1.54, 1.807) is 0 Å². The molecule has 19 heavy (non-hydrogen) atoms. The topological polar surface area (TPSA) is 44.2 Å². The van der Waals surface area contributed by atoms with Crippen LogP contribution >= 0.6 is 0 Å². The van der Waals surface area contributed by atoms with Crippen molar-refractivity contribution in [3.63, 3.8) is 0 Å². The van der Waals surface area contributed by atoms with Crippen LogP contribution < -0.4 is 0 Å². The summed E-state index contributed by atoms with van der Waals surface area (Å²) in [4.78, 5) is 12.6. The first-order valence-electron chi connectivity index (χ1n) is 6.72. The van der Waals surface area contributed by atoms with Crippen LogP contribution in [0, 0.1) is 5.41 Å². The SMILES string of the molecule is CC.CC(=O)N(C=N)Cc1ccc(C(C)(C)C)cc1. The molecule has 1 aromatic rings. The van der Waals surface area contributed by atoms with E-state index in [0.717, 1.165) is 11.9 Å². The van der Waals surface area contributed by atoms with Crippen molar-refractivity contribution < 1.29 is 4.79 Å². The summed E-state index contributed by atoms with van der Waals surface area (Å²) < 4.78 is 0. The second kappa shape index (κ2) is 7.72. The van der Waals surface area contributed by atoms with E-state index in [2.05, 4.69) is 32.9 Å². The second-order valence-corrected chi connectivity index (χ2v) is 5.22. The van der Waals surface area contributed by atoms with Gasteiger partial charge in [0.1, 0.15) is 0 Å². The minimum atomic E-state index is -0.111. The highest BCUT2D eigenvalue weighted by Gasteiger charge is 2.13. The predicted molar refractivity (Wildman–Crippen MR) is 81.5 cm³/mol. The van der Waals surface area contributed by atoms with Gasteiger partial charge in [0.25, 0.3) is 0 Å². The van der Waals surface area contributed by atoms with Crippen LogP contribution in [0.5, 0.6) is 0 Å². The average Bonchev–Trinajstić information content (AvgIpc) is 2.37. The van der Waals surface area contributed by atoms with Crippen LogP contribution in [0.4, 0.5) is 0 Å². The lowest BCUT2D eigenvalue weighted by Gasteiger charge is -2.20. The Labute approximate surface area is 117 Å². The van der Waals surface area contributed by atoms with Gasteiger partial charge in [-0.3, -0.25) is 15.1 Å². The summed E-state index contributed by atoms with van der Waals surface area (Å²) >= 11 is 0. The fourth-order valence-corrected chi connectivity index (χ4v) is 1.55. The number of hydrogen-bond acceptors (Lipinski definition) is 2. The third kappa shape index (κ3) is 5.69. The first-order valence-corrected chi connectivity index (χ1v) is 6.72. The Bertz CT molecular complexity index is 402. The monoisotopic (exact) mass is 262 g/mol. The maximum atomic E-state index is 11.2. The molecule has 0 heterocycles. The molecule has 0 aliphatic heterocycles. The van der Waals surface area contributed by atoms with E-state index in [-0.39, 0.29) is 11.3 Å². The lowest BCUT2D eigenvalue weighted by atomic mass is 9.87. The number of rotatable bonds is 3. The summed E-state index contributed by atoms with van der Waals surface area (Å²) in [6.07, 6.45) is 1.07. The fourth-order valence-electron chi connectivity index (χ4n) is 1.55. The van der Waals surface area contributed by atoms with Crippen LogP contribution in [0.25, 0.3) is 0 Å². The van der Waals surface area contributed by atoms with Gasteiger partial charge in [0, 0.05) is 6.92 Å². The molecule has 0 aliphatic carbocycles. The van der Waals surface area contributed by atoms with Crippen molar-refractivity contribution in [1.29, 1.82) is 5.41 Å². The first-order chi connectivity index (χ1) is 8.84. The minimum absolute atomic E-state index is 0.111. The molecule has 0 unspecified atom stereocenters. The average molecular weight is 262 g/mol. The van der Waals surface area contributed by atoms with Crippen LogP contribution in [0.1, 0.15) is 52.7 Å². The molecule has 0 spiro atoms. The summed E-state index contributed by atoms with van der Waals surface area (Å²) in [7, 11) is 0. The van der Waals surface area contributed by atoms with Crippen molar-refractivity contribution in [1.82, 2.24) is 4.90 Å². The molecule has 0 bridgehead atoms. The predicted octanol–water partition coefficient (Wildman–Crippen LogP) is 3.97. The third-order valence-electron chi connectivity index (χ3n) is 2.73. The van der Waals surface area contributed by atoms with Crippen LogP contribution in [0.2, 0.25) is 0 Å². The van der Waals surface area contributed by atoms with Gasteiger partial charge >= 0.3 is 0 Å². The molecule has 1 amide bonds. The molecular formula is C16H26N2O. The second-order valence-electron chi connectivity index (χ2n) is 5.22. The molecule has 1 N–H and O–H groups in total. The maximum absolute atomic E-state index is 11.2. The van der Waals surface area contributed by atoms with Gasteiger partial charge in [0.15, 0.2) is 0 Å². The molecule has 0 atom stereocenters. The van der Waals surface area contributed by atoms with Gasteiger partial charge in [-0.15, -0.1) is 0 Å². The highest BCUT2D eigenvalue weighted by Crippen LogP contribution is 2.22. The summed E-state index contributed by atoms with van der Waals surface area (Å²) in [6, 6.07) is 8.19.